The van der Waals surface area contributed by atoms with E-state index in [1.165, 1.54) is 12.4 Å². The summed E-state index contributed by atoms with van der Waals surface area (Å²) in [4.78, 5) is 23.9. The molecule has 0 unspecified atom stereocenters. The van der Waals surface area contributed by atoms with Crippen LogP contribution in [0.3, 0.4) is 0 Å². The molecule has 1 N–H and O–H groups in total. The Morgan fingerprint density at radius 2 is 1.90 bits per heavy atom. The van der Waals surface area contributed by atoms with Crippen LogP contribution in [-0.2, 0) is 6.18 Å². The van der Waals surface area contributed by atoms with E-state index in [9.17, 15) is 18.0 Å². The van der Waals surface area contributed by atoms with E-state index < -0.39 is 23.3 Å². The van der Waals surface area contributed by atoms with Gasteiger partial charge in [-0.05, 0) is 43.9 Å². The van der Waals surface area contributed by atoms with Gasteiger partial charge in [-0.3, -0.25) is 14.5 Å². The number of carbonyl (C=O) groups is 1. The van der Waals surface area contributed by atoms with E-state index in [0.717, 1.165) is 36.4 Å². The number of amides is 1. The Morgan fingerprint density at radius 3 is 2.60 bits per heavy atom. The molecular weight excluding hydrogens is 397 g/mol. The van der Waals surface area contributed by atoms with Crippen molar-refractivity contribution in [3.63, 3.8) is 0 Å². The SMILES string of the molecule is O=C(NC1CCC(n2cc(-c3ccncn3)cn2)CC1)c1cccnc1C(F)(F)F. The highest BCUT2D eigenvalue weighted by atomic mass is 19.4. The third-order valence-electron chi connectivity index (χ3n) is 5.21. The molecule has 1 aliphatic carbocycles. The molecule has 1 fully saturated rings. The standard InChI is InChI=1S/C20H19F3N6O/c21-20(22,23)18-16(2-1-8-25-18)19(30)28-14-3-5-15(6-4-14)29-11-13(10-27-29)17-7-9-24-12-26-17/h1-2,7-12,14-15H,3-6H2,(H,28,30). The van der Waals surface area contributed by atoms with Crippen LogP contribution < -0.4 is 5.32 Å². The molecule has 3 heterocycles. The molecule has 0 aromatic carbocycles. The summed E-state index contributed by atoms with van der Waals surface area (Å²) in [6, 6.07) is 4.26. The van der Waals surface area contributed by atoms with Crippen molar-refractivity contribution in [2.24, 2.45) is 0 Å². The van der Waals surface area contributed by atoms with Gasteiger partial charge in [0.05, 0.1) is 23.5 Å². The molecule has 1 saturated carbocycles. The molecular formula is C20H19F3N6O. The van der Waals surface area contributed by atoms with Gasteiger partial charge in [-0.15, -0.1) is 0 Å². The Hall–Kier alpha value is -3.30. The fourth-order valence-corrected chi connectivity index (χ4v) is 3.69. The normalized spacial score (nSPS) is 19.4. The second kappa shape index (κ2) is 8.21. The lowest BCUT2D eigenvalue weighted by Crippen LogP contribution is -2.39. The zero-order valence-corrected chi connectivity index (χ0v) is 15.9. The van der Waals surface area contributed by atoms with Crippen LogP contribution in [0.15, 0.2) is 49.3 Å². The first-order valence-electron chi connectivity index (χ1n) is 9.55. The average molecular weight is 416 g/mol. The number of rotatable bonds is 4. The molecule has 0 aliphatic heterocycles. The molecule has 0 radical (unpaired) electrons. The highest BCUT2D eigenvalue weighted by Gasteiger charge is 2.37. The van der Waals surface area contributed by atoms with Crippen molar-refractivity contribution < 1.29 is 18.0 Å². The van der Waals surface area contributed by atoms with E-state index in [4.69, 9.17) is 0 Å². The molecule has 0 saturated heterocycles. The summed E-state index contributed by atoms with van der Waals surface area (Å²) in [6.07, 6.45) is 6.00. The minimum absolute atomic E-state index is 0.165. The van der Waals surface area contributed by atoms with Crippen molar-refractivity contribution in [2.75, 3.05) is 0 Å². The second-order valence-corrected chi connectivity index (χ2v) is 7.18. The summed E-state index contributed by atoms with van der Waals surface area (Å²) < 4.78 is 41.2. The summed E-state index contributed by atoms with van der Waals surface area (Å²) in [5.41, 5.74) is 0.0666. The fourth-order valence-electron chi connectivity index (χ4n) is 3.69. The van der Waals surface area contributed by atoms with Crippen LogP contribution in [0.5, 0.6) is 0 Å². The smallest absolute Gasteiger partial charge is 0.349 e. The zero-order valence-electron chi connectivity index (χ0n) is 15.9. The summed E-state index contributed by atoms with van der Waals surface area (Å²) in [7, 11) is 0. The monoisotopic (exact) mass is 416 g/mol. The second-order valence-electron chi connectivity index (χ2n) is 7.18. The number of carbonyl (C=O) groups excluding carboxylic acids is 1. The first kappa shape index (κ1) is 20.0. The van der Waals surface area contributed by atoms with Crippen LogP contribution in [0.1, 0.15) is 47.8 Å². The minimum atomic E-state index is -4.67. The molecule has 3 aromatic heterocycles. The van der Waals surface area contributed by atoms with E-state index in [1.54, 1.807) is 18.5 Å². The average Bonchev–Trinajstić information content (AvgIpc) is 3.25. The highest BCUT2D eigenvalue weighted by Crippen LogP contribution is 2.32. The van der Waals surface area contributed by atoms with Crippen molar-refractivity contribution >= 4 is 5.91 Å². The van der Waals surface area contributed by atoms with Gasteiger partial charge in [0.15, 0.2) is 5.69 Å². The van der Waals surface area contributed by atoms with Gasteiger partial charge in [-0.2, -0.15) is 18.3 Å². The zero-order chi connectivity index (χ0) is 21.1. The molecule has 156 valence electrons. The molecule has 3 aromatic rings. The van der Waals surface area contributed by atoms with Crippen LogP contribution in [0.2, 0.25) is 0 Å². The number of hydrogen-bond acceptors (Lipinski definition) is 5. The van der Waals surface area contributed by atoms with Crippen molar-refractivity contribution in [3.05, 3.63) is 60.6 Å². The van der Waals surface area contributed by atoms with Crippen LogP contribution in [0, 0.1) is 0 Å². The Kier molecular flexibility index (Phi) is 5.47. The van der Waals surface area contributed by atoms with E-state index >= 15 is 0 Å². The van der Waals surface area contributed by atoms with E-state index in [2.05, 4.69) is 25.4 Å². The summed E-state index contributed by atoms with van der Waals surface area (Å²) in [5.74, 6) is -0.746. The number of aromatic nitrogens is 5. The number of hydrogen-bond donors (Lipinski definition) is 1. The lowest BCUT2D eigenvalue weighted by molar-refractivity contribution is -0.141. The van der Waals surface area contributed by atoms with Gasteiger partial charge in [-0.25, -0.2) is 9.97 Å². The van der Waals surface area contributed by atoms with Crippen molar-refractivity contribution in [1.82, 2.24) is 30.0 Å². The predicted octanol–water partition coefficient (Wildman–Crippen LogP) is 3.67. The largest absolute Gasteiger partial charge is 0.434 e. The Labute approximate surface area is 170 Å². The van der Waals surface area contributed by atoms with Gasteiger partial charge in [0, 0.05) is 30.2 Å². The van der Waals surface area contributed by atoms with Crippen molar-refractivity contribution in [3.8, 4) is 11.3 Å². The number of halogens is 3. The maximum atomic E-state index is 13.1. The third-order valence-corrected chi connectivity index (χ3v) is 5.21. The topological polar surface area (TPSA) is 85.6 Å². The first-order valence-corrected chi connectivity index (χ1v) is 9.55. The van der Waals surface area contributed by atoms with Crippen molar-refractivity contribution in [1.29, 1.82) is 0 Å². The molecule has 4 rings (SSSR count). The van der Waals surface area contributed by atoms with E-state index in [0.29, 0.717) is 12.8 Å². The number of pyridine rings is 1. The van der Waals surface area contributed by atoms with Crippen LogP contribution in [-0.4, -0.2) is 36.7 Å². The predicted molar refractivity (Wildman–Crippen MR) is 101 cm³/mol. The van der Waals surface area contributed by atoms with Gasteiger partial charge in [0.25, 0.3) is 5.91 Å². The molecule has 1 aliphatic rings. The summed E-state index contributed by atoms with van der Waals surface area (Å²) in [5, 5.41) is 7.15. The molecule has 0 bridgehead atoms. The fraction of sp³-hybridized carbons (Fsp3) is 0.350. The quantitative estimate of drug-likeness (QED) is 0.702. The maximum absolute atomic E-state index is 13.1. The summed E-state index contributed by atoms with van der Waals surface area (Å²) in [6.45, 7) is 0. The van der Waals surface area contributed by atoms with Crippen LogP contribution >= 0.6 is 0 Å². The van der Waals surface area contributed by atoms with Gasteiger partial charge < -0.3 is 5.32 Å². The maximum Gasteiger partial charge on any atom is 0.434 e. The lowest BCUT2D eigenvalue weighted by Gasteiger charge is -2.29. The Morgan fingerprint density at radius 1 is 1.10 bits per heavy atom. The third kappa shape index (κ3) is 4.32. The van der Waals surface area contributed by atoms with Gasteiger partial charge in [0.1, 0.15) is 6.33 Å². The highest BCUT2D eigenvalue weighted by molar-refractivity contribution is 5.95. The van der Waals surface area contributed by atoms with Crippen molar-refractivity contribution in [2.45, 2.75) is 43.9 Å². The molecule has 7 nitrogen and oxygen atoms in total. The molecule has 1 amide bonds. The first-order chi connectivity index (χ1) is 14.4. The van der Waals surface area contributed by atoms with Crippen LogP contribution in [0.4, 0.5) is 13.2 Å². The van der Waals surface area contributed by atoms with E-state index in [-0.39, 0.29) is 12.1 Å². The lowest BCUT2D eigenvalue weighted by atomic mass is 9.91. The number of nitrogens with one attached hydrogen (secondary N) is 1. The van der Waals surface area contributed by atoms with Gasteiger partial charge >= 0.3 is 6.18 Å². The number of alkyl halides is 3. The molecule has 10 heteroatoms. The van der Waals surface area contributed by atoms with Gasteiger partial charge in [-0.1, -0.05) is 0 Å². The minimum Gasteiger partial charge on any atom is -0.349 e. The van der Waals surface area contributed by atoms with Gasteiger partial charge in [0.2, 0.25) is 0 Å². The molecule has 30 heavy (non-hydrogen) atoms. The molecule has 0 spiro atoms. The van der Waals surface area contributed by atoms with E-state index in [1.807, 2.05) is 10.9 Å². The number of nitrogens with zero attached hydrogens (tertiary/aromatic N) is 5. The van der Waals surface area contributed by atoms with Crippen LogP contribution in [0.25, 0.3) is 11.3 Å². The Balaban J connectivity index is 1.37. The molecule has 0 atom stereocenters. The Bertz CT molecular complexity index is 1010. The summed E-state index contributed by atoms with van der Waals surface area (Å²) >= 11 is 0.